The van der Waals surface area contributed by atoms with Gasteiger partial charge >= 0.3 is 0 Å². The highest BCUT2D eigenvalue weighted by Crippen LogP contribution is 2.39. The first-order valence-electron chi connectivity index (χ1n) is 8.59. The van der Waals surface area contributed by atoms with Crippen LogP contribution < -0.4 is 5.32 Å². The SMILES string of the molecule is Cc1cc(C)c(C(=O)N2CCC3(CCNCC3)CC2)cc1C. The van der Waals surface area contributed by atoms with Gasteiger partial charge < -0.3 is 10.2 Å². The number of aryl methyl sites for hydroxylation is 3. The maximum absolute atomic E-state index is 12.9. The Bertz CT molecular complexity index is 563. The van der Waals surface area contributed by atoms with Crippen LogP contribution in [-0.4, -0.2) is 37.0 Å². The van der Waals surface area contributed by atoms with Crippen molar-refractivity contribution in [2.24, 2.45) is 5.41 Å². The number of amides is 1. The average molecular weight is 300 g/mol. The topological polar surface area (TPSA) is 32.3 Å². The molecule has 2 aliphatic heterocycles. The van der Waals surface area contributed by atoms with Crippen LogP contribution in [0.1, 0.15) is 52.7 Å². The predicted octanol–water partition coefficient (Wildman–Crippen LogP) is 3.22. The zero-order chi connectivity index (χ0) is 15.7. The monoisotopic (exact) mass is 300 g/mol. The maximum atomic E-state index is 12.9. The number of nitrogens with one attached hydrogen (secondary N) is 1. The molecule has 120 valence electrons. The predicted molar refractivity (Wildman–Crippen MR) is 90.3 cm³/mol. The standard InChI is InChI=1S/C19H28N2O/c1-14-12-16(3)17(13-15(14)2)18(22)21-10-6-19(7-11-21)4-8-20-9-5-19/h12-13,20H,4-11H2,1-3H3. The number of benzene rings is 1. The Balaban J connectivity index is 1.71. The third kappa shape index (κ3) is 2.91. The number of hydrogen-bond donors (Lipinski definition) is 1. The third-order valence-electron chi connectivity index (χ3n) is 5.85. The summed E-state index contributed by atoms with van der Waals surface area (Å²) < 4.78 is 0. The number of hydrogen-bond acceptors (Lipinski definition) is 2. The van der Waals surface area contributed by atoms with Crippen LogP contribution in [-0.2, 0) is 0 Å². The van der Waals surface area contributed by atoms with Gasteiger partial charge in [-0.3, -0.25) is 4.79 Å². The van der Waals surface area contributed by atoms with Gasteiger partial charge in [0.25, 0.3) is 5.91 Å². The van der Waals surface area contributed by atoms with E-state index in [4.69, 9.17) is 0 Å². The fourth-order valence-corrected chi connectivity index (χ4v) is 4.00. The van der Waals surface area contributed by atoms with Gasteiger partial charge in [0.2, 0.25) is 0 Å². The van der Waals surface area contributed by atoms with E-state index in [0.29, 0.717) is 5.41 Å². The highest BCUT2D eigenvalue weighted by Gasteiger charge is 2.36. The Kier molecular flexibility index (Phi) is 4.26. The van der Waals surface area contributed by atoms with Crippen LogP contribution in [0.5, 0.6) is 0 Å². The summed E-state index contributed by atoms with van der Waals surface area (Å²) >= 11 is 0. The molecule has 0 saturated carbocycles. The van der Waals surface area contributed by atoms with Crippen molar-refractivity contribution in [2.75, 3.05) is 26.2 Å². The highest BCUT2D eigenvalue weighted by molar-refractivity contribution is 5.96. The van der Waals surface area contributed by atoms with E-state index in [0.717, 1.165) is 37.3 Å². The number of likely N-dealkylation sites (tertiary alicyclic amines) is 1. The number of carbonyl (C=O) groups excluding carboxylic acids is 1. The molecule has 0 aromatic heterocycles. The third-order valence-corrected chi connectivity index (χ3v) is 5.85. The Morgan fingerprint density at radius 1 is 0.955 bits per heavy atom. The van der Waals surface area contributed by atoms with Crippen molar-refractivity contribution in [3.8, 4) is 0 Å². The molecule has 2 aliphatic rings. The molecule has 0 radical (unpaired) electrons. The van der Waals surface area contributed by atoms with Gasteiger partial charge in [-0.15, -0.1) is 0 Å². The lowest BCUT2D eigenvalue weighted by molar-refractivity contribution is 0.0495. The summed E-state index contributed by atoms with van der Waals surface area (Å²) in [7, 11) is 0. The summed E-state index contributed by atoms with van der Waals surface area (Å²) in [5.74, 6) is 0.226. The Morgan fingerprint density at radius 2 is 1.55 bits per heavy atom. The van der Waals surface area contributed by atoms with Crippen LogP contribution in [0.15, 0.2) is 12.1 Å². The number of rotatable bonds is 1. The molecule has 22 heavy (non-hydrogen) atoms. The fraction of sp³-hybridized carbons (Fsp3) is 0.632. The molecule has 2 fully saturated rings. The normalized spacial score (nSPS) is 21.1. The summed E-state index contributed by atoms with van der Waals surface area (Å²) in [5.41, 5.74) is 4.97. The van der Waals surface area contributed by atoms with Crippen LogP contribution in [0.3, 0.4) is 0 Å². The van der Waals surface area contributed by atoms with Crippen molar-refractivity contribution in [1.29, 1.82) is 0 Å². The molecule has 1 amide bonds. The minimum absolute atomic E-state index is 0.226. The molecule has 3 heteroatoms. The Morgan fingerprint density at radius 3 is 2.18 bits per heavy atom. The first kappa shape index (κ1) is 15.5. The van der Waals surface area contributed by atoms with E-state index in [2.05, 4.69) is 43.1 Å². The van der Waals surface area contributed by atoms with Gasteiger partial charge in [0.05, 0.1) is 0 Å². The molecular weight excluding hydrogens is 272 g/mol. The van der Waals surface area contributed by atoms with Gasteiger partial charge in [-0.1, -0.05) is 6.07 Å². The molecule has 0 unspecified atom stereocenters. The van der Waals surface area contributed by atoms with Gasteiger partial charge in [-0.25, -0.2) is 0 Å². The number of carbonyl (C=O) groups is 1. The molecule has 0 aliphatic carbocycles. The summed E-state index contributed by atoms with van der Waals surface area (Å²) in [5, 5.41) is 3.45. The summed E-state index contributed by atoms with van der Waals surface area (Å²) in [6.07, 6.45) is 4.89. The zero-order valence-corrected chi connectivity index (χ0v) is 14.2. The highest BCUT2D eigenvalue weighted by atomic mass is 16.2. The number of nitrogens with zero attached hydrogens (tertiary/aromatic N) is 1. The first-order chi connectivity index (χ1) is 10.5. The zero-order valence-electron chi connectivity index (χ0n) is 14.2. The molecule has 1 aromatic carbocycles. The van der Waals surface area contributed by atoms with Gasteiger partial charge in [0.15, 0.2) is 0 Å². The lowest BCUT2D eigenvalue weighted by Gasteiger charge is -2.44. The van der Waals surface area contributed by atoms with Crippen molar-refractivity contribution in [3.63, 3.8) is 0 Å². The summed E-state index contributed by atoms with van der Waals surface area (Å²) in [6.45, 7) is 10.4. The van der Waals surface area contributed by atoms with Gasteiger partial charge in [0.1, 0.15) is 0 Å². The lowest BCUT2D eigenvalue weighted by atomic mass is 9.71. The number of piperidine rings is 2. The van der Waals surface area contributed by atoms with E-state index in [1.54, 1.807) is 0 Å². The average Bonchev–Trinajstić information content (AvgIpc) is 2.52. The van der Waals surface area contributed by atoms with Crippen LogP contribution in [0.4, 0.5) is 0 Å². The molecular formula is C19H28N2O. The lowest BCUT2D eigenvalue weighted by Crippen LogP contribution is -2.47. The smallest absolute Gasteiger partial charge is 0.254 e. The minimum Gasteiger partial charge on any atom is -0.339 e. The molecule has 1 aromatic rings. The second-order valence-corrected chi connectivity index (χ2v) is 7.29. The van der Waals surface area contributed by atoms with E-state index >= 15 is 0 Å². The molecule has 2 saturated heterocycles. The van der Waals surface area contributed by atoms with E-state index < -0.39 is 0 Å². The van der Waals surface area contributed by atoms with Gasteiger partial charge in [0, 0.05) is 18.7 Å². The molecule has 0 atom stereocenters. The molecule has 3 rings (SSSR count). The van der Waals surface area contributed by atoms with Gasteiger partial charge in [-0.2, -0.15) is 0 Å². The van der Waals surface area contributed by atoms with E-state index in [-0.39, 0.29) is 5.91 Å². The van der Waals surface area contributed by atoms with Crippen LogP contribution in [0, 0.1) is 26.2 Å². The molecule has 1 spiro atoms. The van der Waals surface area contributed by atoms with Crippen molar-refractivity contribution < 1.29 is 4.79 Å². The van der Waals surface area contributed by atoms with Crippen LogP contribution in [0.2, 0.25) is 0 Å². The molecule has 2 heterocycles. The summed E-state index contributed by atoms with van der Waals surface area (Å²) in [4.78, 5) is 14.9. The summed E-state index contributed by atoms with van der Waals surface area (Å²) in [6, 6.07) is 4.21. The van der Waals surface area contributed by atoms with Crippen LogP contribution >= 0.6 is 0 Å². The van der Waals surface area contributed by atoms with Crippen molar-refractivity contribution >= 4 is 5.91 Å². The Labute approximate surface area is 134 Å². The van der Waals surface area contributed by atoms with Crippen molar-refractivity contribution in [1.82, 2.24) is 10.2 Å². The van der Waals surface area contributed by atoms with E-state index in [9.17, 15) is 4.79 Å². The second-order valence-electron chi connectivity index (χ2n) is 7.29. The van der Waals surface area contributed by atoms with Crippen LogP contribution in [0.25, 0.3) is 0 Å². The van der Waals surface area contributed by atoms with E-state index in [1.165, 1.54) is 36.8 Å². The second kappa shape index (κ2) is 6.04. The van der Waals surface area contributed by atoms with Gasteiger partial charge in [-0.05, 0) is 87.7 Å². The fourth-order valence-electron chi connectivity index (χ4n) is 4.00. The first-order valence-corrected chi connectivity index (χ1v) is 8.59. The molecule has 1 N–H and O–H groups in total. The maximum Gasteiger partial charge on any atom is 0.254 e. The Hall–Kier alpha value is -1.35. The molecule has 0 bridgehead atoms. The van der Waals surface area contributed by atoms with Crippen molar-refractivity contribution in [2.45, 2.75) is 46.5 Å². The quantitative estimate of drug-likeness (QED) is 0.863. The minimum atomic E-state index is 0.226. The largest absolute Gasteiger partial charge is 0.339 e. The molecule has 3 nitrogen and oxygen atoms in total. The van der Waals surface area contributed by atoms with E-state index in [1.807, 2.05) is 0 Å². The van der Waals surface area contributed by atoms with Crippen molar-refractivity contribution in [3.05, 3.63) is 34.4 Å².